The van der Waals surface area contributed by atoms with Crippen LogP contribution in [0.4, 0.5) is 0 Å². The molecule has 0 radical (unpaired) electrons. The second-order valence-electron chi connectivity index (χ2n) is 5.07. The number of rotatable bonds is 4. The number of morpholine rings is 1. The molecule has 2 atom stereocenters. The first-order valence-electron chi connectivity index (χ1n) is 6.64. The van der Waals surface area contributed by atoms with Crippen LogP contribution in [0.3, 0.4) is 0 Å². The monoisotopic (exact) mass is 263 g/mol. The smallest absolute Gasteiger partial charge is 0.180 e. The fraction of sp³-hybridized carbons (Fsp3) is 0.533. The second kappa shape index (κ2) is 6.17. The van der Waals surface area contributed by atoms with Crippen LogP contribution in [-0.2, 0) is 4.74 Å². The van der Waals surface area contributed by atoms with Gasteiger partial charge >= 0.3 is 0 Å². The van der Waals surface area contributed by atoms with E-state index in [2.05, 4.69) is 4.90 Å². The molecule has 0 bridgehead atoms. The van der Waals surface area contributed by atoms with Crippen LogP contribution < -0.4 is 4.74 Å². The summed E-state index contributed by atoms with van der Waals surface area (Å²) in [6.07, 6.45) is 0.350. The molecule has 0 amide bonds. The molecule has 1 aliphatic heterocycles. The summed E-state index contributed by atoms with van der Waals surface area (Å²) in [4.78, 5) is 14.5. The van der Waals surface area contributed by atoms with Crippen LogP contribution in [0, 0.1) is 0 Å². The van der Waals surface area contributed by atoms with Gasteiger partial charge in [-0.05, 0) is 26.0 Å². The standard InChI is InChI=1S/C15H21NO3/c1-11-8-16(9-12(2)19-11)10-14(17)13-6-4-5-7-15(13)18-3/h4-7,11-12H,8-10H2,1-3H3/t11-,12+. The first-order valence-corrected chi connectivity index (χ1v) is 6.64. The summed E-state index contributed by atoms with van der Waals surface area (Å²) in [7, 11) is 1.59. The van der Waals surface area contributed by atoms with Gasteiger partial charge in [-0.15, -0.1) is 0 Å². The molecule has 0 aromatic heterocycles. The molecule has 2 rings (SSSR count). The lowest BCUT2D eigenvalue weighted by atomic mass is 10.1. The highest BCUT2D eigenvalue weighted by atomic mass is 16.5. The third kappa shape index (κ3) is 3.55. The quantitative estimate of drug-likeness (QED) is 0.779. The maximum absolute atomic E-state index is 12.3. The van der Waals surface area contributed by atoms with Gasteiger partial charge in [0, 0.05) is 13.1 Å². The molecule has 0 N–H and O–H groups in total. The highest BCUT2D eigenvalue weighted by Gasteiger charge is 2.24. The zero-order chi connectivity index (χ0) is 13.8. The van der Waals surface area contributed by atoms with Crippen molar-refractivity contribution < 1.29 is 14.3 Å². The minimum Gasteiger partial charge on any atom is -0.496 e. The van der Waals surface area contributed by atoms with E-state index in [0.29, 0.717) is 17.9 Å². The van der Waals surface area contributed by atoms with E-state index in [9.17, 15) is 4.79 Å². The average Bonchev–Trinajstić information content (AvgIpc) is 2.37. The lowest BCUT2D eigenvalue weighted by molar-refractivity contribution is -0.0652. The van der Waals surface area contributed by atoms with Crippen molar-refractivity contribution in [1.29, 1.82) is 0 Å². The Morgan fingerprint density at radius 3 is 2.58 bits per heavy atom. The van der Waals surface area contributed by atoms with Gasteiger partial charge in [-0.3, -0.25) is 9.69 Å². The molecule has 1 aliphatic rings. The Labute approximate surface area is 114 Å². The molecule has 19 heavy (non-hydrogen) atoms. The zero-order valence-electron chi connectivity index (χ0n) is 11.8. The van der Waals surface area contributed by atoms with Gasteiger partial charge in [0.15, 0.2) is 5.78 Å². The number of carbonyl (C=O) groups excluding carboxylic acids is 1. The van der Waals surface area contributed by atoms with E-state index in [1.165, 1.54) is 0 Å². The van der Waals surface area contributed by atoms with Crippen LogP contribution in [0.1, 0.15) is 24.2 Å². The largest absolute Gasteiger partial charge is 0.496 e. The number of ketones is 1. The van der Waals surface area contributed by atoms with E-state index in [1.54, 1.807) is 7.11 Å². The predicted octanol–water partition coefficient (Wildman–Crippen LogP) is 1.99. The van der Waals surface area contributed by atoms with E-state index in [-0.39, 0.29) is 18.0 Å². The SMILES string of the molecule is COc1ccccc1C(=O)CN1C[C@@H](C)O[C@@H](C)C1. The van der Waals surface area contributed by atoms with Crippen molar-refractivity contribution in [2.45, 2.75) is 26.1 Å². The molecule has 104 valence electrons. The molecule has 0 aliphatic carbocycles. The summed E-state index contributed by atoms with van der Waals surface area (Å²) >= 11 is 0. The first kappa shape index (κ1) is 14.0. The van der Waals surface area contributed by atoms with Gasteiger partial charge in [0.1, 0.15) is 5.75 Å². The fourth-order valence-electron chi connectivity index (χ4n) is 2.58. The van der Waals surface area contributed by atoms with Gasteiger partial charge in [-0.1, -0.05) is 12.1 Å². The van der Waals surface area contributed by atoms with Gasteiger partial charge in [-0.25, -0.2) is 0 Å². The van der Waals surface area contributed by atoms with Crippen LogP contribution in [0.5, 0.6) is 5.75 Å². The molecule has 1 aromatic rings. The molecule has 1 aromatic carbocycles. The molecular weight excluding hydrogens is 242 g/mol. The van der Waals surface area contributed by atoms with E-state index in [1.807, 2.05) is 38.1 Å². The van der Waals surface area contributed by atoms with Crippen molar-refractivity contribution in [3.05, 3.63) is 29.8 Å². The molecule has 4 heteroatoms. The van der Waals surface area contributed by atoms with Crippen molar-refractivity contribution in [2.24, 2.45) is 0 Å². The summed E-state index contributed by atoms with van der Waals surface area (Å²) < 4.78 is 10.9. The third-order valence-corrected chi connectivity index (χ3v) is 3.27. The summed E-state index contributed by atoms with van der Waals surface area (Å²) in [5, 5.41) is 0. The molecular formula is C15H21NO3. The maximum atomic E-state index is 12.3. The van der Waals surface area contributed by atoms with Crippen LogP contribution in [0.15, 0.2) is 24.3 Å². The third-order valence-electron chi connectivity index (χ3n) is 3.27. The predicted molar refractivity (Wildman–Crippen MR) is 73.8 cm³/mol. The Morgan fingerprint density at radius 1 is 1.32 bits per heavy atom. The Bertz CT molecular complexity index is 437. The highest BCUT2D eigenvalue weighted by molar-refractivity contribution is 6.00. The van der Waals surface area contributed by atoms with E-state index in [4.69, 9.17) is 9.47 Å². The molecule has 1 fully saturated rings. The minimum absolute atomic E-state index is 0.0961. The van der Waals surface area contributed by atoms with Crippen LogP contribution in [-0.4, -0.2) is 49.6 Å². The fourth-order valence-corrected chi connectivity index (χ4v) is 2.58. The lowest BCUT2D eigenvalue weighted by Crippen LogP contribution is -2.47. The zero-order valence-corrected chi connectivity index (χ0v) is 11.8. The Hall–Kier alpha value is -1.39. The summed E-state index contributed by atoms with van der Waals surface area (Å²) in [5.74, 6) is 0.737. The van der Waals surface area contributed by atoms with Gasteiger partial charge in [0.2, 0.25) is 0 Å². The van der Waals surface area contributed by atoms with Crippen LogP contribution >= 0.6 is 0 Å². The number of methoxy groups -OCH3 is 1. The van der Waals surface area contributed by atoms with Gasteiger partial charge in [0.25, 0.3) is 0 Å². The Morgan fingerprint density at radius 2 is 1.95 bits per heavy atom. The number of nitrogens with zero attached hydrogens (tertiary/aromatic N) is 1. The van der Waals surface area contributed by atoms with Crippen molar-refractivity contribution >= 4 is 5.78 Å². The van der Waals surface area contributed by atoms with Crippen molar-refractivity contribution in [2.75, 3.05) is 26.7 Å². The normalized spacial score (nSPS) is 24.2. The van der Waals surface area contributed by atoms with Gasteiger partial charge in [0.05, 0.1) is 31.4 Å². The number of Topliss-reactive ketones (excluding diaryl/α,β-unsaturated/α-hetero) is 1. The number of ether oxygens (including phenoxy) is 2. The second-order valence-corrected chi connectivity index (χ2v) is 5.07. The Kier molecular flexibility index (Phi) is 4.56. The number of carbonyl (C=O) groups is 1. The van der Waals surface area contributed by atoms with Gasteiger partial charge < -0.3 is 9.47 Å². The number of benzene rings is 1. The highest BCUT2D eigenvalue weighted by Crippen LogP contribution is 2.19. The summed E-state index contributed by atoms with van der Waals surface area (Å²) in [6, 6.07) is 7.36. The first-order chi connectivity index (χ1) is 9.10. The van der Waals surface area contributed by atoms with Crippen molar-refractivity contribution in [3.8, 4) is 5.75 Å². The van der Waals surface area contributed by atoms with E-state index >= 15 is 0 Å². The maximum Gasteiger partial charge on any atom is 0.180 e. The Balaban J connectivity index is 2.04. The molecule has 4 nitrogen and oxygen atoms in total. The topological polar surface area (TPSA) is 38.8 Å². The van der Waals surface area contributed by atoms with E-state index in [0.717, 1.165) is 13.1 Å². The molecule has 0 unspecified atom stereocenters. The minimum atomic E-state index is 0.0961. The van der Waals surface area contributed by atoms with Crippen LogP contribution in [0.25, 0.3) is 0 Å². The molecule has 1 saturated heterocycles. The lowest BCUT2D eigenvalue weighted by Gasteiger charge is -2.34. The summed E-state index contributed by atoms with van der Waals surface area (Å²) in [6.45, 7) is 6.08. The molecule has 0 saturated carbocycles. The number of hydrogen-bond donors (Lipinski definition) is 0. The van der Waals surface area contributed by atoms with Crippen molar-refractivity contribution in [1.82, 2.24) is 4.90 Å². The van der Waals surface area contributed by atoms with Crippen LogP contribution in [0.2, 0.25) is 0 Å². The number of hydrogen-bond acceptors (Lipinski definition) is 4. The van der Waals surface area contributed by atoms with Gasteiger partial charge in [-0.2, -0.15) is 0 Å². The van der Waals surface area contributed by atoms with Crippen molar-refractivity contribution in [3.63, 3.8) is 0 Å². The average molecular weight is 263 g/mol. The molecule has 1 heterocycles. The number of para-hydroxylation sites is 1. The van der Waals surface area contributed by atoms with E-state index < -0.39 is 0 Å². The molecule has 0 spiro atoms. The summed E-state index contributed by atoms with van der Waals surface area (Å²) in [5.41, 5.74) is 0.650.